The smallest absolute Gasteiger partial charge is 0.0270 e. The van der Waals surface area contributed by atoms with E-state index in [0.29, 0.717) is 6.04 Å². The SMILES string of the molecule is CCNC(C)CCc1ccncc1. The maximum absolute atomic E-state index is 3.99. The third-order valence-electron chi connectivity index (χ3n) is 2.17. The molecule has 0 aliphatic rings. The molecule has 0 spiro atoms. The summed E-state index contributed by atoms with van der Waals surface area (Å²) in [5.74, 6) is 0. The Morgan fingerprint density at radius 1 is 1.38 bits per heavy atom. The molecule has 0 amide bonds. The highest BCUT2D eigenvalue weighted by Gasteiger charge is 1.99. The third-order valence-corrected chi connectivity index (χ3v) is 2.17. The Bertz CT molecular complexity index is 221. The minimum atomic E-state index is 0.609. The van der Waals surface area contributed by atoms with Gasteiger partial charge in [-0.3, -0.25) is 4.98 Å². The molecule has 2 heteroatoms. The van der Waals surface area contributed by atoms with Crippen LogP contribution in [0.2, 0.25) is 0 Å². The van der Waals surface area contributed by atoms with Crippen LogP contribution >= 0.6 is 0 Å². The van der Waals surface area contributed by atoms with Gasteiger partial charge in [-0.05, 0) is 44.0 Å². The third kappa shape index (κ3) is 4.04. The molecule has 0 saturated heterocycles. The molecule has 1 rings (SSSR count). The first-order valence-corrected chi connectivity index (χ1v) is 4.95. The highest BCUT2D eigenvalue weighted by atomic mass is 14.9. The molecular formula is C11H18N2. The summed E-state index contributed by atoms with van der Waals surface area (Å²) in [6.07, 6.45) is 6.04. The van der Waals surface area contributed by atoms with Crippen molar-refractivity contribution in [3.63, 3.8) is 0 Å². The molecule has 1 atom stereocenters. The van der Waals surface area contributed by atoms with Crippen LogP contribution in [0.3, 0.4) is 0 Å². The summed E-state index contributed by atoms with van der Waals surface area (Å²) >= 11 is 0. The highest BCUT2D eigenvalue weighted by molar-refractivity contribution is 5.09. The van der Waals surface area contributed by atoms with Crippen molar-refractivity contribution in [2.45, 2.75) is 32.7 Å². The summed E-state index contributed by atoms with van der Waals surface area (Å²) in [5, 5.41) is 3.40. The van der Waals surface area contributed by atoms with Crippen LogP contribution in [0.5, 0.6) is 0 Å². The van der Waals surface area contributed by atoms with Gasteiger partial charge in [-0.1, -0.05) is 6.92 Å². The van der Waals surface area contributed by atoms with E-state index >= 15 is 0 Å². The topological polar surface area (TPSA) is 24.9 Å². The molecule has 1 aromatic heterocycles. The monoisotopic (exact) mass is 178 g/mol. The summed E-state index contributed by atoms with van der Waals surface area (Å²) in [4.78, 5) is 3.99. The molecule has 0 radical (unpaired) electrons. The number of pyridine rings is 1. The van der Waals surface area contributed by atoms with E-state index in [9.17, 15) is 0 Å². The molecule has 13 heavy (non-hydrogen) atoms. The van der Waals surface area contributed by atoms with Crippen LogP contribution in [-0.4, -0.2) is 17.6 Å². The fraction of sp³-hybridized carbons (Fsp3) is 0.545. The van der Waals surface area contributed by atoms with Crippen molar-refractivity contribution in [2.24, 2.45) is 0 Å². The first-order valence-electron chi connectivity index (χ1n) is 4.95. The number of aromatic nitrogens is 1. The van der Waals surface area contributed by atoms with Crippen molar-refractivity contribution in [3.05, 3.63) is 30.1 Å². The Morgan fingerprint density at radius 3 is 2.69 bits per heavy atom. The van der Waals surface area contributed by atoms with Gasteiger partial charge in [-0.15, -0.1) is 0 Å². The minimum absolute atomic E-state index is 0.609. The van der Waals surface area contributed by atoms with E-state index in [2.05, 4.69) is 36.3 Å². The Kier molecular flexibility index (Phi) is 4.47. The summed E-state index contributed by atoms with van der Waals surface area (Å²) in [6, 6.07) is 4.77. The molecule has 1 N–H and O–H groups in total. The van der Waals surface area contributed by atoms with Crippen molar-refractivity contribution in [1.29, 1.82) is 0 Å². The lowest BCUT2D eigenvalue weighted by atomic mass is 10.1. The maximum atomic E-state index is 3.99. The Balaban J connectivity index is 2.27. The van der Waals surface area contributed by atoms with Gasteiger partial charge in [-0.2, -0.15) is 0 Å². The lowest BCUT2D eigenvalue weighted by Crippen LogP contribution is -2.25. The largest absolute Gasteiger partial charge is 0.315 e. The zero-order chi connectivity index (χ0) is 9.52. The number of aryl methyl sites for hydroxylation is 1. The van der Waals surface area contributed by atoms with Crippen molar-refractivity contribution < 1.29 is 0 Å². The van der Waals surface area contributed by atoms with Crippen LogP contribution < -0.4 is 5.32 Å². The molecule has 1 aromatic rings. The second-order valence-electron chi connectivity index (χ2n) is 3.35. The van der Waals surface area contributed by atoms with Crippen LogP contribution in [0.15, 0.2) is 24.5 Å². The first-order chi connectivity index (χ1) is 6.33. The number of hydrogen-bond acceptors (Lipinski definition) is 2. The highest BCUT2D eigenvalue weighted by Crippen LogP contribution is 2.03. The standard InChI is InChI=1S/C11H18N2/c1-3-13-10(2)4-5-11-6-8-12-9-7-11/h6-10,13H,3-5H2,1-2H3. The van der Waals surface area contributed by atoms with Crippen molar-refractivity contribution in [1.82, 2.24) is 10.3 Å². The van der Waals surface area contributed by atoms with Gasteiger partial charge in [0.25, 0.3) is 0 Å². The fourth-order valence-corrected chi connectivity index (χ4v) is 1.38. The van der Waals surface area contributed by atoms with E-state index in [1.807, 2.05) is 12.4 Å². The molecule has 2 nitrogen and oxygen atoms in total. The van der Waals surface area contributed by atoms with Crippen LogP contribution in [0.25, 0.3) is 0 Å². The number of hydrogen-bond donors (Lipinski definition) is 1. The van der Waals surface area contributed by atoms with Crippen molar-refractivity contribution in [3.8, 4) is 0 Å². The molecule has 0 aliphatic heterocycles. The fourth-order valence-electron chi connectivity index (χ4n) is 1.38. The molecule has 1 heterocycles. The van der Waals surface area contributed by atoms with Crippen molar-refractivity contribution >= 4 is 0 Å². The molecule has 0 fully saturated rings. The van der Waals surface area contributed by atoms with Gasteiger partial charge in [0.1, 0.15) is 0 Å². The van der Waals surface area contributed by atoms with E-state index in [1.165, 1.54) is 12.0 Å². The molecule has 0 aliphatic carbocycles. The van der Waals surface area contributed by atoms with Gasteiger partial charge < -0.3 is 5.32 Å². The Hall–Kier alpha value is -0.890. The zero-order valence-electron chi connectivity index (χ0n) is 8.46. The number of nitrogens with one attached hydrogen (secondary N) is 1. The van der Waals surface area contributed by atoms with Gasteiger partial charge in [0.15, 0.2) is 0 Å². The van der Waals surface area contributed by atoms with Crippen LogP contribution in [0.4, 0.5) is 0 Å². The molecule has 0 bridgehead atoms. The van der Waals surface area contributed by atoms with Crippen LogP contribution in [0.1, 0.15) is 25.8 Å². The average Bonchev–Trinajstić information content (AvgIpc) is 2.17. The summed E-state index contributed by atoms with van der Waals surface area (Å²) in [5.41, 5.74) is 1.37. The lowest BCUT2D eigenvalue weighted by Gasteiger charge is -2.11. The van der Waals surface area contributed by atoms with Gasteiger partial charge >= 0.3 is 0 Å². The Morgan fingerprint density at radius 2 is 2.08 bits per heavy atom. The average molecular weight is 178 g/mol. The predicted octanol–water partition coefficient (Wildman–Crippen LogP) is 2.01. The van der Waals surface area contributed by atoms with E-state index in [-0.39, 0.29) is 0 Å². The van der Waals surface area contributed by atoms with Gasteiger partial charge in [0, 0.05) is 18.4 Å². The summed E-state index contributed by atoms with van der Waals surface area (Å²) < 4.78 is 0. The van der Waals surface area contributed by atoms with E-state index in [1.54, 1.807) is 0 Å². The van der Waals surface area contributed by atoms with Gasteiger partial charge in [0.05, 0.1) is 0 Å². The molecular weight excluding hydrogens is 160 g/mol. The predicted molar refractivity (Wildman–Crippen MR) is 55.7 cm³/mol. The lowest BCUT2D eigenvalue weighted by molar-refractivity contribution is 0.530. The van der Waals surface area contributed by atoms with Gasteiger partial charge in [0.2, 0.25) is 0 Å². The second-order valence-corrected chi connectivity index (χ2v) is 3.35. The van der Waals surface area contributed by atoms with Crippen molar-refractivity contribution in [2.75, 3.05) is 6.54 Å². The van der Waals surface area contributed by atoms with E-state index in [0.717, 1.165) is 13.0 Å². The number of rotatable bonds is 5. The normalized spacial score (nSPS) is 12.8. The molecule has 1 unspecified atom stereocenters. The minimum Gasteiger partial charge on any atom is -0.315 e. The van der Waals surface area contributed by atoms with E-state index in [4.69, 9.17) is 0 Å². The molecule has 0 aromatic carbocycles. The second kappa shape index (κ2) is 5.70. The summed E-state index contributed by atoms with van der Waals surface area (Å²) in [6.45, 7) is 5.42. The maximum Gasteiger partial charge on any atom is 0.0270 e. The number of nitrogens with zero attached hydrogens (tertiary/aromatic N) is 1. The Labute approximate surface area is 80.4 Å². The quantitative estimate of drug-likeness (QED) is 0.746. The zero-order valence-corrected chi connectivity index (χ0v) is 8.46. The summed E-state index contributed by atoms with van der Waals surface area (Å²) in [7, 11) is 0. The van der Waals surface area contributed by atoms with Crippen LogP contribution in [0, 0.1) is 0 Å². The van der Waals surface area contributed by atoms with Crippen LogP contribution in [-0.2, 0) is 6.42 Å². The molecule has 72 valence electrons. The molecule has 0 saturated carbocycles. The first kappa shape index (κ1) is 10.2. The van der Waals surface area contributed by atoms with E-state index < -0.39 is 0 Å². The van der Waals surface area contributed by atoms with Gasteiger partial charge in [-0.25, -0.2) is 0 Å².